The normalized spacial score (nSPS) is 21.5. The first-order valence-electron chi connectivity index (χ1n) is 6.21. The Morgan fingerprint density at radius 1 is 1.47 bits per heavy atom. The molecule has 0 unspecified atom stereocenters. The van der Waals surface area contributed by atoms with E-state index in [-0.39, 0.29) is 11.1 Å². The molecular weight excluding hydrogens is 289 g/mol. The van der Waals surface area contributed by atoms with E-state index in [0.717, 1.165) is 13.0 Å². The van der Waals surface area contributed by atoms with E-state index >= 15 is 0 Å². The van der Waals surface area contributed by atoms with Crippen molar-refractivity contribution in [2.45, 2.75) is 24.6 Å². The van der Waals surface area contributed by atoms with Crippen LogP contribution in [0.3, 0.4) is 0 Å². The van der Waals surface area contributed by atoms with Crippen LogP contribution < -0.4 is 0 Å². The zero-order valence-electron chi connectivity index (χ0n) is 10.8. The van der Waals surface area contributed by atoms with E-state index in [4.69, 9.17) is 11.6 Å². The van der Waals surface area contributed by atoms with Gasteiger partial charge in [-0.3, -0.25) is 4.90 Å². The molecule has 0 saturated carbocycles. The number of hydrogen-bond donors (Lipinski definition) is 0. The smallest absolute Gasteiger partial charge is 0.151 e. The molecule has 1 fully saturated rings. The van der Waals surface area contributed by atoms with Gasteiger partial charge in [0.15, 0.2) is 9.84 Å². The molecule has 0 bridgehead atoms. The van der Waals surface area contributed by atoms with Crippen molar-refractivity contribution in [3.8, 4) is 0 Å². The zero-order chi connectivity index (χ0) is 14.0. The minimum absolute atomic E-state index is 0.323. The van der Waals surface area contributed by atoms with Crippen LogP contribution in [0.5, 0.6) is 0 Å². The number of rotatable bonds is 3. The molecule has 2 rings (SSSR count). The SMILES string of the molecule is CS(=O)(=O)[C@H]1CCCN(Cc2cc(F)ccc2Cl)C1. The Hall–Kier alpha value is -0.650. The summed E-state index contributed by atoms with van der Waals surface area (Å²) >= 11 is 6.03. The third kappa shape index (κ3) is 3.91. The average molecular weight is 306 g/mol. The summed E-state index contributed by atoms with van der Waals surface area (Å²) < 4.78 is 36.4. The third-order valence-electron chi connectivity index (χ3n) is 3.47. The summed E-state index contributed by atoms with van der Waals surface area (Å²) in [6.07, 6.45) is 2.81. The molecule has 1 saturated heterocycles. The van der Waals surface area contributed by atoms with Crippen LogP contribution in [-0.4, -0.2) is 37.9 Å². The van der Waals surface area contributed by atoms with Crippen LogP contribution in [0, 0.1) is 5.82 Å². The molecule has 3 nitrogen and oxygen atoms in total. The number of hydrogen-bond acceptors (Lipinski definition) is 3. The largest absolute Gasteiger partial charge is 0.298 e. The lowest BCUT2D eigenvalue weighted by molar-refractivity contribution is 0.222. The Morgan fingerprint density at radius 2 is 2.21 bits per heavy atom. The van der Waals surface area contributed by atoms with Gasteiger partial charge in [0.05, 0.1) is 5.25 Å². The number of halogens is 2. The molecule has 19 heavy (non-hydrogen) atoms. The van der Waals surface area contributed by atoms with Gasteiger partial charge >= 0.3 is 0 Å². The Kier molecular flexibility index (Phi) is 4.48. The van der Waals surface area contributed by atoms with Gasteiger partial charge in [0.25, 0.3) is 0 Å². The van der Waals surface area contributed by atoms with Gasteiger partial charge in [0, 0.05) is 24.4 Å². The molecule has 1 aromatic carbocycles. The maximum atomic E-state index is 13.2. The van der Waals surface area contributed by atoms with Crippen molar-refractivity contribution in [3.63, 3.8) is 0 Å². The summed E-state index contributed by atoms with van der Waals surface area (Å²) in [7, 11) is -3.02. The summed E-state index contributed by atoms with van der Waals surface area (Å²) in [6.45, 7) is 1.80. The van der Waals surface area contributed by atoms with Crippen molar-refractivity contribution in [1.29, 1.82) is 0 Å². The van der Waals surface area contributed by atoms with E-state index in [2.05, 4.69) is 0 Å². The van der Waals surface area contributed by atoms with Gasteiger partial charge < -0.3 is 0 Å². The van der Waals surface area contributed by atoms with Gasteiger partial charge in [0.2, 0.25) is 0 Å². The summed E-state index contributed by atoms with van der Waals surface area (Å²) in [5.74, 6) is -0.323. The molecular formula is C13H17ClFNO2S. The number of piperidine rings is 1. The molecule has 0 aliphatic carbocycles. The Labute approximate surface area is 118 Å². The van der Waals surface area contributed by atoms with Gasteiger partial charge in [-0.2, -0.15) is 0 Å². The minimum Gasteiger partial charge on any atom is -0.298 e. The highest BCUT2D eigenvalue weighted by atomic mass is 35.5. The Balaban J connectivity index is 2.09. The summed E-state index contributed by atoms with van der Waals surface area (Å²) in [4.78, 5) is 2.02. The van der Waals surface area contributed by atoms with Crippen LogP contribution in [0.2, 0.25) is 5.02 Å². The van der Waals surface area contributed by atoms with Gasteiger partial charge in [-0.05, 0) is 43.1 Å². The van der Waals surface area contributed by atoms with E-state index in [9.17, 15) is 12.8 Å². The van der Waals surface area contributed by atoms with Crippen LogP contribution in [0.15, 0.2) is 18.2 Å². The first-order chi connectivity index (χ1) is 8.86. The Bertz CT molecular complexity index is 562. The fourth-order valence-electron chi connectivity index (χ4n) is 2.41. The standard InChI is InChI=1S/C13H17ClFNO2S/c1-19(17,18)12-3-2-6-16(9-12)8-10-7-11(15)4-5-13(10)14/h4-5,7,12H,2-3,6,8-9H2,1H3/t12-/m0/s1. The number of sulfone groups is 1. The van der Waals surface area contributed by atoms with Crippen LogP contribution in [-0.2, 0) is 16.4 Å². The molecule has 0 spiro atoms. The van der Waals surface area contributed by atoms with Crippen molar-refractivity contribution in [2.75, 3.05) is 19.3 Å². The monoisotopic (exact) mass is 305 g/mol. The van der Waals surface area contributed by atoms with Crippen LogP contribution in [0.1, 0.15) is 18.4 Å². The highest BCUT2D eigenvalue weighted by molar-refractivity contribution is 7.91. The predicted octanol–water partition coefficient (Wildman–Crippen LogP) is 2.49. The zero-order valence-corrected chi connectivity index (χ0v) is 12.3. The van der Waals surface area contributed by atoms with Gasteiger partial charge in [-0.1, -0.05) is 11.6 Å². The summed E-state index contributed by atoms with van der Waals surface area (Å²) in [6, 6.07) is 4.26. The quantitative estimate of drug-likeness (QED) is 0.861. The van der Waals surface area contributed by atoms with Crippen molar-refractivity contribution in [3.05, 3.63) is 34.6 Å². The summed E-state index contributed by atoms with van der Waals surface area (Å²) in [5.41, 5.74) is 0.704. The molecule has 0 aromatic heterocycles. The highest BCUT2D eigenvalue weighted by Gasteiger charge is 2.27. The Morgan fingerprint density at radius 3 is 2.89 bits per heavy atom. The molecule has 1 aliphatic rings. The second-order valence-electron chi connectivity index (χ2n) is 5.06. The maximum Gasteiger partial charge on any atom is 0.151 e. The fraction of sp³-hybridized carbons (Fsp3) is 0.538. The highest BCUT2D eigenvalue weighted by Crippen LogP contribution is 2.22. The molecule has 0 N–H and O–H groups in total. The molecule has 1 aliphatic heterocycles. The molecule has 1 aromatic rings. The van der Waals surface area contributed by atoms with Crippen molar-refractivity contribution in [2.24, 2.45) is 0 Å². The van der Waals surface area contributed by atoms with Gasteiger partial charge in [-0.25, -0.2) is 12.8 Å². The van der Waals surface area contributed by atoms with Crippen molar-refractivity contribution in [1.82, 2.24) is 4.90 Å². The topological polar surface area (TPSA) is 37.4 Å². The predicted molar refractivity (Wildman–Crippen MR) is 74.6 cm³/mol. The molecule has 0 radical (unpaired) electrons. The average Bonchev–Trinajstić information content (AvgIpc) is 2.33. The van der Waals surface area contributed by atoms with E-state index < -0.39 is 9.84 Å². The van der Waals surface area contributed by atoms with Crippen LogP contribution in [0.25, 0.3) is 0 Å². The van der Waals surface area contributed by atoms with Crippen molar-refractivity contribution < 1.29 is 12.8 Å². The van der Waals surface area contributed by atoms with E-state index in [1.807, 2.05) is 4.90 Å². The molecule has 0 amide bonds. The molecule has 6 heteroatoms. The number of nitrogens with zero attached hydrogens (tertiary/aromatic N) is 1. The van der Waals surface area contributed by atoms with Crippen LogP contribution in [0.4, 0.5) is 4.39 Å². The van der Waals surface area contributed by atoms with E-state index in [1.165, 1.54) is 24.5 Å². The summed E-state index contributed by atoms with van der Waals surface area (Å²) in [5, 5.41) is 0.191. The van der Waals surface area contributed by atoms with E-state index in [0.29, 0.717) is 30.1 Å². The molecule has 1 atom stereocenters. The first kappa shape index (κ1) is 14.8. The maximum absolute atomic E-state index is 13.2. The lowest BCUT2D eigenvalue weighted by Gasteiger charge is -2.31. The van der Waals surface area contributed by atoms with Gasteiger partial charge in [-0.15, -0.1) is 0 Å². The van der Waals surface area contributed by atoms with Crippen molar-refractivity contribution >= 4 is 21.4 Å². The number of likely N-dealkylation sites (tertiary alicyclic amines) is 1. The lowest BCUT2D eigenvalue weighted by Crippen LogP contribution is -2.41. The van der Waals surface area contributed by atoms with Gasteiger partial charge in [0.1, 0.15) is 5.82 Å². The first-order valence-corrected chi connectivity index (χ1v) is 8.54. The number of benzene rings is 1. The lowest BCUT2D eigenvalue weighted by atomic mass is 10.1. The fourth-order valence-corrected chi connectivity index (χ4v) is 3.67. The molecule has 1 heterocycles. The second-order valence-corrected chi connectivity index (χ2v) is 7.80. The van der Waals surface area contributed by atoms with E-state index in [1.54, 1.807) is 0 Å². The molecule has 106 valence electrons. The minimum atomic E-state index is -3.02. The van der Waals surface area contributed by atoms with Crippen LogP contribution >= 0.6 is 11.6 Å². The second kappa shape index (κ2) is 5.77. The third-order valence-corrected chi connectivity index (χ3v) is 5.43.